The van der Waals surface area contributed by atoms with Crippen LogP contribution in [0.5, 0.6) is 11.8 Å². The number of anilines is 1. The second kappa shape index (κ2) is 9.25. The summed E-state index contributed by atoms with van der Waals surface area (Å²) in [6.45, 7) is -0.472. The Bertz CT molecular complexity index is 1240. The molecular weight excluding hydrogens is 437 g/mol. The summed E-state index contributed by atoms with van der Waals surface area (Å²) in [4.78, 5) is 27.6. The fraction of sp³-hybridized carbons (Fsp3) is 0.100. The molecule has 0 aliphatic heterocycles. The molecule has 0 spiro atoms. The van der Waals surface area contributed by atoms with Crippen molar-refractivity contribution in [2.45, 2.75) is 13.2 Å². The van der Waals surface area contributed by atoms with Crippen molar-refractivity contribution >= 4 is 13.6 Å². The van der Waals surface area contributed by atoms with Gasteiger partial charge in [-0.25, -0.2) is 14.5 Å². The van der Waals surface area contributed by atoms with Gasteiger partial charge in [0.05, 0.1) is 11.9 Å². The first kappa shape index (κ1) is 21.6. The Morgan fingerprint density at radius 1 is 1.16 bits per heavy atom. The lowest BCUT2D eigenvalue weighted by Gasteiger charge is -2.14. The highest BCUT2D eigenvalue weighted by molar-refractivity contribution is 7.44. The predicted octanol–water partition coefficient (Wildman–Crippen LogP) is 1.82. The summed E-state index contributed by atoms with van der Waals surface area (Å²) < 4.78 is 27.5. The number of ether oxygens (including phenoxy) is 1. The van der Waals surface area contributed by atoms with Gasteiger partial charge in [0, 0.05) is 24.9 Å². The molecule has 1 aromatic carbocycles. The highest BCUT2D eigenvalue weighted by Gasteiger charge is 2.18. The van der Waals surface area contributed by atoms with Gasteiger partial charge in [0.2, 0.25) is 0 Å². The van der Waals surface area contributed by atoms with Gasteiger partial charge < -0.3 is 19.0 Å². The predicted molar refractivity (Wildman–Crippen MR) is 109 cm³/mol. The molecule has 3 aromatic heterocycles. The maximum Gasteiger partial charge on any atom is 0.321 e. The maximum atomic E-state index is 10.8. The molecule has 0 amide bonds. The van der Waals surface area contributed by atoms with E-state index >= 15 is 0 Å². The molecule has 164 valence electrons. The van der Waals surface area contributed by atoms with E-state index in [0.29, 0.717) is 29.2 Å². The van der Waals surface area contributed by atoms with Gasteiger partial charge in [-0.15, -0.1) is 0 Å². The molecule has 3 heterocycles. The minimum Gasteiger partial charge on any atom is -0.756 e. The molecule has 4 aromatic rings. The molecule has 0 saturated carbocycles. The number of phosphoric ester groups is 1. The molecule has 1 atom stereocenters. The molecule has 0 radical (unpaired) electrons. The van der Waals surface area contributed by atoms with Gasteiger partial charge in [-0.2, -0.15) is 0 Å². The first-order valence-corrected chi connectivity index (χ1v) is 10.8. The van der Waals surface area contributed by atoms with E-state index in [1.165, 1.54) is 10.8 Å². The van der Waals surface area contributed by atoms with Gasteiger partial charge in [0.1, 0.15) is 11.3 Å². The molecular formula is C20H18N5O6P. The van der Waals surface area contributed by atoms with Gasteiger partial charge in [-0.1, -0.05) is 17.3 Å². The summed E-state index contributed by atoms with van der Waals surface area (Å²) >= 11 is 0. The third-order valence-electron chi connectivity index (χ3n) is 4.36. The smallest absolute Gasteiger partial charge is 0.321 e. The van der Waals surface area contributed by atoms with Crippen LogP contribution in [-0.4, -0.2) is 20.0 Å². The monoisotopic (exact) mass is 455 g/mol. The Morgan fingerprint density at radius 3 is 2.62 bits per heavy atom. The van der Waals surface area contributed by atoms with Gasteiger partial charge >= 0.3 is 6.01 Å². The quantitative estimate of drug-likeness (QED) is 0.296. The summed E-state index contributed by atoms with van der Waals surface area (Å²) in [6.07, 6.45) is 5.21. The molecule has 11 nitrogen and oxygen atoms in total. The molecule has 3 N–H and O–H groups in total. The van der Waals surface area contributed by atoms with E-state index < -0.39 is 14.6 Å². The fourth-order valence-corrected chi connectivity index (χ4v) is 3.14. The van der Waals surface area contributed by atoms with Crippen LogP contribution in [0.2, 0.25) is 0 Å². The highest BCUT2D eigenvalue weighted by atomic mass is 31.2. The molecule has 32 heavy (non-hydrogen) atoms. The normalized spacial score (nSPS) is 12.9. The SMILES string of the molecule is Nc1c(-c2cc(Cc3ccc(Oc4ncccn4)cc3)no2)ccc[n+]1COP(=O)([O-])O. The average Bonchev–Trinajstić information content (AvgIpc) is 3.23. The van der Waals surface area contributed by atoms with Crippen LogP contribution in [0, 0.1) is 0 Å². The Morgan fingerprint density at radius 2 is 1.91 bits per heavy atom. The Labute approximate surface area is 182 Å². The summed E-state index contributed by atoms with van der Waals surface area (Å²) in [6, 6.07) is 14.4. The number of hydrogen-bond acceptors (Lipinski definition) is 9. The van der Waals surface area contributed by atoms with Crippen LogP contribution in [0.15, 0.2) is 71.6 Å². The van der Waals surface area contributed by atoms with Crippen LogP contribution in [-0.2, 0) is 22.2 Å². The highest BCUT2D eigenvalue weighted by Crippen LogP contribution is 2.30. The van der Waals surface area contributed by atoms with E-state index in [1.54, 1.807) is 48.8 Å². The van der Waals surface area contributed by atoms with E-state index in [0.717, 1.165) is 5.56 Å². The lowest BCUT2D eigenvalue weighted by atomic mass is 10.1. The van der Waals surface area contributed by atoms with Crippen molar-refractivity contribution in [3.05, 3.63) is 78.4 Å². The molecule has 0 fully saturated rings. The third kappa shape index (κ3) is 5.54. The number of nitrogens with zero attached hydrogens (tertiary/aromatic N) is 4. The molecule has 4 rings (SSSR count). The Hall–Kier alpha value is -3.63. The zero-order valence-electron chi connectivity index (χ0n) is 16.6. The van der Waals surface area contributed by atoms with Crippen molar-refractivity contribution in [2.75, 3.05) is 5.73 Å². The van der Waals surface area contributed by atoms with Crippen LogP contribution < -0.4 is 19.9 Å². The summed E-state index contributed by atoms with van der Waals surface area (Å²) in [7, 11) is -4.87. The van der Waals surface area contributed by atoms with Gasteiger partial charge in [-0.3, -0.25) is 14.8 Å². The summed E-state index contributed by atoms with van der Waals surface area (Å²) in [5.74, 6) is 1.20. The zero-order valence-corrected chi connectivity index (χ0v) is 17.5. The molecule has 0 saturated heterocycles. The van der Waals surface area contributed by atoms with Crippen LogP contribution >= 0.6 is 7.82 Å². The standard InChI is InChI=1S/C20H18N5O6P/c21-19-17(3-1-10-25(19)13-29-32(26,27)28)18-12-15(24-31-18)11-14-4-6-16(7-5-14)30-20-22-8-2-9-23-20/h1-10,12,21H,11,13H2,(H2,26,27,28). The number of benzene rings is 1. The van der Waals surface area contributed by atoms with Crippen LogP contribution in [0.4, 0.5) is 5.82 Å². The third-order valence-corrected chi connectivity index (χ3v) is 4.80. The number of nitrogens with two attached hydrogens (primary N) is 1. The topological polar surface area (TPSA) is 161 Å². The van der Waals surface area contributed by atoms with Crippen LogP contribution in [0.3, 0.4) is 0 Å². The second-order valence-electron chi connectivity index (χ2n) is 6.64. The Kier molecular flexibility index (Phi) is 6.24. The fourth-order valence-electron chi connectivity index (χ4n) is 2.87. The minimum absolute atomic E-state index is 0.188. The van der Waals surface area contributed by atoms with E-state index in [-0.39, 0.29) is 11.8 Å². The van der Waals surface area contributed by atoms with Crippen molar-refractivity contribution in [3.8, 4) is 23.1 Å². The van der Waals surface area contributed by atoms with Gasteiger partial charge in [-0.05, 0) is 35.9 Å². The number of phosphoric acid groups is 1. The van der Waals surface area contributed by atoms with Crippen LogP contribution in [0.25, 0.3) is 11.3 Å². The number of rotatable bonds is 8. The molecule has 0 aliphatic rings. The summed E-state index contributed by atoms with van der Waals surface area (Å²) in [5, 5.41) is 4.08. The molecule has 0 aliphatic carbocycles. The lowest BCUT2D eigenvalue weighted by molar-refractivity contribution is -0.712. The van der Waals surface area contributed by atoms with Crippen molar-refractivity contribution in [1.82, 2.24) is 15.1 Å². The number of hydrogen-bond donors (Lipinski definition) is 2. The number of pyridine rings is 1. The second-order valence-corrected chi connectivity index (χ2v) is 7.84. The molecule has 0 bridgehead atoms. The largest absolute Gasteiger partial charge is 0.756 e. The number of aromatic nitrogens is 4. The number of nitrogen functional groups attached to an aromatic ring is 1. The van der Waals surface area contributed by atoms with Crippen molar-refractivity contribution < 1.29 is 32.7 Å². The van der Waals surface area contributed by atoms with Crippen LogP contribution in [0.1, 0.15) is 11.3 Å². The Balaban J connectivity index is 1.45. The van der Waals surface area contributed by atoms with E-state index in [1.807, 2.05) is 12.1 Å². The van der Waals surface area contributed by atoms with Crippen molar-refractivity contribution in [1.29, 1.82) is 0 Å². The van der Waals surface area contributed by atoms with Crippen molar-refractivity contribution in [2.24, 2.45) is 0 Å². The van der Waals surface area contributed by atoms with Crippen molar-refractivity contribution in [3.63, 3.8) is 0 Å². The first-order valence-electron chi connectivity index (χ1n) is 9.33. The average molecular weight is 455 g/mol. The van der Waals surface area contributed by atoms with Gasteiger partial charge in [0.15, 0.2) is 12.5 Å². The summed E-state index contributed by atoms with van der Waals surface area (Å²) in [5.41, 5.74) is 8.23. The zero-order chi connectivity index (χ0) is 22.6. The minimum atomic E-state index is -4.87. The van der Waals surface area contributed by atoms with E-state index in [2.05, 4.69) is 19.6 Å². The van der Waals surface area contributed by atoms with E-state index in [4.69, 9.17) is 19.9 Å². The lowest BCUT2D eigenvalue weighted by Crippen LogP contribution is -2.38. The molecule has 12 heteroatoms. The maximum absolute atomic E-state index is 10.8. The first-order chi connectivity index (χ1) is 15.4. The molecule has 1 unspecified atom stereocenters. The van der Waals surface area contributed by atoms with Gasteiger partial charge in [0.25, 0.3) is 13.6 Å². The van der Waals surface area contributed by atoms with E-state index in [9.17, 15) is 9.46 Å².